The van der Waals surface area contributed by atoms with Gasteiger partial charge in [0.2, 0.25) is 0 Å². The number of carbonyl (C=O) groups excluding carboxylic acids is 1. The molecule has 0 unspecified atom stereocenters. The first-order valence-corrected chi connectivity index (χ1v) is 11.3. The van der Waals surface area contributed by atoms with Crippen LogP contribution in [0.4, 0.5) is 14.6 Å². The van der Waals surface area contributed by atoms with Gasteiger partial charge in [0.15, 0.2) is 11.3 Å². The van der Waals surface area contributed by atoms with E-state index in [-0.39, 0.29) is 30.6 Å². The first kappa shape index (κ1) is 22.1. The van der Waals surface area contributed by atoms with Crippen LogP contribution < -0.4 is 15.5 Å². The summed E-state index contributed by atoms with van der Waals surface area (Å²) in [6.07, 6.45) is 0.584. The van der Waals surface area contributed by atoms with Crippen LogP contribution in [-0.4, -0.2) is 65.6 Å². The summed E-state index contributed by atoms with van der Waals surface area (Å²) in [7, 11) is 0. The summed E-state index contributed by atoms with van der Waals surface area (Å²) in [4.78, 5) is 19.5. The summed E-state index contributed by atoms with van der Waals surface area (Å²) in [5.74, 6) is -0.270. The number of amides is 1. The van der Waals surface area contributed by atoms with Crippen molar-refractivity contribution in [3.8, 4) is 0 Å². The molecule has 33 heavy (non-hydrogen) atoms. The molecule has 2 fully saturated rings. The summed E-state index contributed by atoms with van der Waals surface area (Å²) in [5, 5.41) is 10.8. The highest BCUT2D eigenvalue weighted by Gasteiger charge is 2.35. The molecule has 2 saturated heterocycles. The van der Waals surface area contributed by atoms with Gasteiger partial charge in [0.1, 0.15) is 17.8 Å². The van der Waals surface area contributed by atoms with E-state index in [9.17, 15) is 13.6 Å². The van der Waals surface area contributed by atoms with E-state index in [4.69, 9.17) is 4.74 Å². The molecule has 2 aliphatic heterocycles. The highest BCUT2D eigenvalue weighted by atomic mass is 32.1. The lowest BCUT2D eigenvalue weighted by Crippen LogP contribution is -2.43. The number of hydrogen-bond donors (Lipinski definition) is 3. The zero-order valence-electron chi connectivity index (χ0n) is 17.7. The Morgan fingerprint density at radius 3 is 3.03 bits per heavy atom. The van der Waals surface area contributed by atoms with Crippen LogP contribution in [0.1, 0.15) is 28.5 Å². The molecule has 1 amide bonds. The van der Waals surface area contributed by atoms with Crippen molar-refractivity contribution < 1.29 is 18.3 Å². The Morgan fingerprint density at radius 1 is 1.30 bits per heavy atom. The van der Waals surface area contributed by atoms with Gasteiger partial charge in [-0.05, 0) is 35.9 Å². The van der Waals surface area contributed by atoms with Crippen molar-refractivity contribution >= 4 is 30.0 Å². The van der Waals surface area contributed by atoms with Crippen molar-refractivity contribution in [2.24, 2.45) is 0 Å². The van der Waals surface area contributed by atoms with Gasteiger partial charge in [-0.2, -0.15) is 0 Å². The maximum atomic E-state index is 14.5. The molecule has 2 aromatic heterocycles. The molecule has 0 spiro atoms. The van der Waals surface area contributed by atoms with Gasteiger partial charge in [0, 0.05) is 24.4 Å². The number of halogens is 2. The second-order valence-electron chi connectivity index (χ2n) is 8.30. The lowest BCUT2D eigenvalue weighted by molar-refractivity contribution is 0.0877. The molecule has 5 rings (SSSR count). The fourth-order valence-corrected chi connectivity index (χ4v) is 4.64. The van der Waals surface area contributed by atoms with Gasteiger partial charge in [0.25, 0.3) is 5.91 Å². The molecule has 4 heterocycles. The number of fused-ring (bicyclic) bond motifs is 1. The number of nitrogens with zero attached hydrogens (tertiary/aromatic N) is 4. The van der Waals surface area contributed by atoms with E-state index in [1.54, 1.807) is 23.1 Å². The van der Waals surface area contributed by atoms with Crippen LogP contribution in [0.25, 0.3) is 5.65 Å². The molecule has 0 saturated carbocycles. The van der Waals surface area contributed by atoms with Crippen LogP contribution in [0.5, 0.6) is 0 Å². The van der Waals surface area contributed by atoms with Gasteiger partial charge in [-0.1, -0.05) is 0 Å². The number of benzene rings is 1. The SMILES string of the molecule is O=C(N[C@H]1CNCCOC1)c1cnc2ccc(N3C[C@@H](F)C[C@@H]3c3cc(F)cc(S)c3)nn12. The molecule has 2 N–H and O–H groups in total. The summed E-state index contributed by atoms with van der Waals surface area (Å²) in [6.45, 7) is 2.47. The summed E-state index contributed by atoms with van der Waals surface area (Å²) >= 11 is 4.25. The maximum Gasteiger partial charge on any atom is 0.271 e. The van der Waals surface area contributed by atoms with E-state index in [0.29, 0.717) is 41.7 Å². The summed E-state index contributed by atoms with van der Waals surface area (Å²) in [5.41, 5.74) is 1.40. The molecule has 3 atom stereocenters. The van der Waals surface area contributed by atoms with Crippen molar-refractivity contribution in [3.63, 3.8) is 0 Å². The summed E-state index contributed by atoms with van der Waals surface area (Å²) < 4.78 is 35.4. The van der Waals surface area contributed by atoms with Gasteiger partial charge in [0.05, 0.1) is 38.0 Å². The Morgan fingerprint density at radius 2 is 2.18 bits per heavy atom. The van der Waals surface area contributed by atoms with Crippen LogP contribution in [0.3, 0.4) is 0 Å². The highest BCUT2D eigenvalue weighted by molar-refractivity contribution is 7.80. The number of carbonyl (C=O) groups is 1. The lowest BCUT2D eigenvalue weighted by Gasteiger charge is -2.26. The Bertz CT molecular complexity index is 1150. The minimum atomic E-state index is -1.09. The normalized spacial score (nSPS) is 23.6. The standard InChI is InChI=1S/C22H24F2N6O2S/c23-14-5-13(6-17(33)7-14)18-8-15(24)11-29(18)21-2-1-20-26-10-19(30(20)28-21)22(31)27-16-9-25-3-4-32-12-16/h1-2,5-7,10,15-16,18,25,33H,3-4,8-9,11-12H2,(H,27,31)/t15-,16-,18+/m0/s1. The summed E-state index contributed by atoms with van der Waals surface area (Å²) in [6, 6.07) is 7.33. The molecule has 0 radical (unpaired) electrons. The van der Waals surface area contributed by atoms with E-state index in [2.05, 4.69) is 33.3 Å². The molecule has 8 nitrogen and oxygen atoms in total. The van der Waals surface area contributed by atoms with Crippen LogP contribution in [0, 0.1) is 5.82 Å². The average molecular weight is 475 g/mol. The Kier molecular flexibility index (Phi) is 6.17. The number of anilines is 1. The molecular formula is C22H24F2N6O2S. The third-order valence-corrected chi connectivity index (χ3v) is 6.14. The number of rotatable bonds is 4. The van der Waals surface area contributed by atoms with Crippen molar-refractivity contribution in [2.75, 3.05) is 37.7 Å². The van der Waals surface area contributed by atoms with E-state index in [1.165, 1.54) is 22.8 Å². The minimum Gasteiger partial charge on any atom is -0.378 e. The lowest BCUT2D eigenvalue weighted by atomic mass is 10.0. The highest BCUT2D eigenvalue weighted by Crippen LogP contribution is 2.37. The largest absolute Gasteiger partial charge is 0.378 e. The van der Waals surface area contributed by atoms with Gasteiger partial charge >= 0.3 is 0 Å². The Labute approximate surface area is 194 Å². The van der Waals surface area contributed by atoms with E-state index in [1.807, 2.05) is 0 Å². The third kappa shape index (κ3) is 4.66. The smallest absolute Gasteiger partial charge is 0.271 e. The molecule has 2 aliphatic rings. The van der Waals surface area contributed by atoms with E-state index >= 15 is 0 Å². The maximum absolute atomic E-state index is 14.5. The number of alkyl halides is 1. The third-order valence-electron chi connectivity index (χ3n) is 5.88. The van der Waals surface area contributed by atoms with Gasteiger partial charge in [-0.25, -0.2) is 18.3 Å². The number of ether oxygens (including phenoxy) is 1. The molecule has 3 aromatic rings. The van der Waals surface area contributed by atoms with E-state index in [0.717, 1.165) is 6.54 Å². The van der Waals surface area contributed by atoms with Crippen molar-refractivity contribution in [1.29, 1.82) is 0 Å². The molecule has 0 bridgehead atoms. The minimum absolute atomic E-state index is 0.114. The molecule has 0 aliphatic carbocycles. The molecule has 1 aromatic carbocycles. The number of hydrogen-bond acceptors (Lipinski definition) is 7. The monoisotopic (exact) mass is 474 g/mol. The second kappa shape index (κ2) is 9.24. The topological polar surface area (TPSA) is 83.8 Å². The fourth-order valence-electron chi connectivity index (χ4n) is 4.37. The van der Waals surface area contributed by atoms with Crippen molar-refractivity contribution in [2.45, 2.75) is 29.6 Å². The number of thiol groups is 1. The van der Waals surface area contributed by atoms with Gasteiger partial charge in [-0.15, -0.1) is 17.7 Å². The van der Waals surface area contributed by atoms with Crippen molar-refractivity contribution in [3.05, 3.63) is 53.6 Å². The molecule has 11 heteroatoms. The van der Waals surface area contributed by atoms with E-state index < -0.39 is 18.0 Å². The quantitative estimate of drug-likeness (QED) is 0.503. The Balaban J connectivity index is 1.44. The number of aromatic nitrogens is 3. The van der Waals surface area contributed by atoms with Crippen LogP contribution in [0.2, 0.25) is 0 Å². The molecular weight excluding hydrogens is 450 g/mol. The first-order chi connectivity index (χ1) is 16.0. The average Bonchev–Trinajstić information content (AvgIpc) is 3.29. The van der Waals surface area contributed by atoms with Crippen LogP contribution in [0.15, 0.2) is 41.4 Å². The zero-order chi connectivity index (χ0) is 22.9. The van der Waals surface area contributed by atoms with Gasteiger partial charge < -0.3 is 20.3 Å². The number of imidazole rings is 1. The molecule has 174 valence electrons. The Hall–Kier alpha value is -2.76. The fraction of sp³-hybridized carbons (Fsp3) is 0.409. The predicted octanol–water partition coefficient (Wildman–Crippen LogP) is 2.16. The van der Waals surface area contributed by atoms with Crippen LogP contribution in [-0.2, 0) is 4.74 Å². The second-order valence-corrected chi connectivity index (χ2v) is 8.81. The van der Waals surface area contributed by atoms with Crippen LogP contribution >= 0.6 is 12.6 Å². The zero-order valence-corrected chi connectivity index (χ0v) is 18.6. The number of nitrogens with one attached hydrogen (secondary N) is 2. The first-order valence-electron chi connectivity index (χ1n) is 10.8. The predicted molar refractivity (Wildman–Crippen MR) is 121 cm³/mol. The van der Waals surface area contributed by atoms with Crippen molar-refractivity contribution in [1.82, 2.24) is 25.2 Å². The van der Waals surface area contributed by atoms with Gasteiger partial charge in [-0.3, -0.25) is 4.79 Å².